The van der Waals surface area contributed by atoms with Gasteiger partial charge in [-0.2, -0.15) is 9.36 Å². The van der Waals surface area contributed by atoms with Gasteiger partial charge in [-0.3, -0.25) is 5.10 Å². The monoisotopic (exact) mass is 314 g/mol. The molecule has 0 aliphatic heterocycles. The Morgan fingerprint density at radius 1 is 1.30 bits per heavy atom. The Kier molecular flexibility index (Phi) is 3.96. The predicted octanol–water partition coefficient (Wildman–Crippen LogP) is 1.14. The maximum Gasteiger partial charge on any atom is 0.368 e. The van der Waals surface area contributed by atoms with Crippen LogP contribution < -0.4 is 10.4 Å². The first-order valence-corrected chi connectivity index (χ1v) is 7.35. The lowest BCUT2D eigenvalue weighted by Crippen LogP contribution is -2.23. The second-order valence-corrected chi connectivity index (χ2v) is 5.24. The summed E-state index contributed by atoms with van der Waals surface area (Å²) in [5.41, 5.74) is 3.30. The second-order valence-electron chi connectivity index (χ2n) is 5.24. The number of hydrogen-bond acceptors (Lipinski definition) is 5. The van der Waals surface area contributed by atoms with E-state index in [4.69, 9.17) is 4.74 Å². The predicted molar refractivity (Wildman–Crippen MR) is 83.6 cm³/mol. The van der Waals surface area contributed by atoms with E-state index in [1.165, 1.54) is 9.36 Å². The summed E-state index contributed by atoms with van der Waals surface area (Å²) in [6.07, 6.45) is 0.821. The highest BCUT2D eigenvalue weighted by molar-refractivity contribution is 5.45. The van der Waals surface area contributed by atoms with Crippen molar-refractivity contribution in [2.45, 2.75) is 26.9 Å². The number of aromatic amines is 1. The molecule has 2 heterocycles. The van der Waals surface area contributed by atoms with Crippen LogP contribution in [0.5, 0.6) is 5.88 Å². The van der Waals surface area contributed by atoms with E-state index in [0.717, 1.165) is 23.2 Å². The van der Waals surface area contributed by atoms with Gasteiger partial charge in [0.05, 0.1) is 5.69 Å². The highest BCUT2D eigenvalue weighted by Crippen LogP contribution is 2.20. The molecule has 0 radical (unpaired) electrons. The summed E-state index contributed by atoms with van der Waals surface area (Å²) in [5, 5.41) is 14.6. The van der Waals surface area contributed by atoms with Crippen molar-refractivity contribution in [3.05, 3.63) is 51.6 Å². The molecule has 0 amide bonds. The van der Waals surface area contributed by atoms with E-state index in [2.05, 4.69) is 27.5 Å². The molecule has 0 saturated carbocycles. The zero-order valence-electron chi connectivity index (χ0n) is 13.3. The smallest absolute Gasteiger partial charge is 0.368 e. The number of hydrogen-bond donors (Lipinski definition) is 1. The molecule has 8 heteroatoms. The Morgan fingerprint density at radius 3 is 2.74 bits per heavy atom. The van der Waals surface area contributed by atoms with E-state index in [0.29, 0.717) is 18.2 Å². The van der Waals surface area contributed by atoms with Crippen LogP contribution in [0.25, 0.3) is 5.69 Å². The van der Waals surface area contributed by atoms with Crippen molar-refractivity contribution >= 4 is 0 Å². The maximum absolute atomic E-state index is 12.1. The molecule has 120 valence electrons. The fourth-order valence-corrected chi connectivity index (χ4v) is 2.40. The number of aromatic nitrogens is 6. The lowest BCUT2D eigenvalue weighted by atomic mass is 10.0. The van der Waals surface area contributed by atoms with E-state index in [-0.39, 0.29) is 5.69 Å². The summed E-state index contributed by atoms with van der Waals surface area (Å²) >= 11 is 0. The summed E-state index contributed by atoms with van der Waals surface area (Å²) in [7, 11) is 1.57. The molecule has 0 aliphatic rings. The Morgan fingerprint density at radius 2 is 2.13 bits per heavy atom. The molecule has 2 aromatic heterocycles. The molecule has 0 atom stereocenters. The van der Waals surface area contributed by atoms with Crippen molar-refractivity contribution in [1.29, 1.82) is 0 Å². The van der Waals surface area contributed by atoms with Gasteiger partial charge < -0.3 is 4.74 Å². The maximum atomic E-state index is 12.1. The lowest BCUT2D eigenvalue weighted by Gasteiger charge is -2.13. The number of nitrogens with one attached hydrogen (secondary N) is 1. The summed E-state index contributed by atoms with van der Waals surface area (Å²) in [6.45, 7) is 4.26. The van der Waals surface area contributed by atoms with Gasteiger partial charge in [-0.25, -0.2) is 4.79 Å². The van der Waals surface area contributed by atoms with Gasteiger partial charge in [-0.05, 0) is 35.4 Å². The quantitative estimate of drug-likeness (QED) is 0.762. The fraction of sp³-hybridized carbons (Fsp3) is 0.333. The third kappa shape index (κ3) is 2.87. The highest BCUT2D eigenvalue weighted by atomic mass is 16.5. The molecule has 1 N–H and O–H groups in total. The first kappa shape index (κ1) is 15.0. The molecule has 3 aromatic rings. The molecule has 1 aromatic carbocycles. The van der Waals surface area contributed by atoms with Crippen LogP contribution in [0.2, 0.25) is 0 Å². The first-order valence-electron chi connectivity index (χ1n) is 7.35. The van der Waals surface area contributed by atoms with Crippen LogP contribution in [0, 0.1) is 6.92 Å². The molecule has 3 rings (SSSR count). The van der Waals surface area contributed by atoms with Crippen LogP contribution in [0.4, 0.5) is 0 Å². The number of benzene rings is 1. The van der Waals surface area contributed by atoms with Crippen molar-refractivity contribution in [1.82, 2.24) is 30.0 Å². The molecule has 0 spiro atoms. The minimum atomic E-state index is -0.296. The van der Waals surface area contributed by atoms with Crippen molar-refractivity contribution in [3.8, 4) is 11.6 Å². The topological polar surface area (TPSA) is 90.6 Å². The van der Waals surface area contributed by atoms with Crippen molar-refractivity contribution in [2.24, 2.45) is 7.05 Å². The van der Waals surface area contributed by atoms with E-state index in [1.807, 2.05) is 31.2 Å². The number of nitrogens with zero attached hydrogens (tertiary/aromatic N) is 5. The number of ether oxygens (including phenoxy) is 1. The third-order valence-electron chi connectivity index (χ3n) is 3.63. The Bertz CT molecular complexity index is 876. The van der Waals surface area contributed by atoms with Crippen LogP contribution in [0.15, 0.2) is 29.1 Å². The molecule has 0 fully saturated rings. The van der Waals surface area contributed by atoms with Crippen molar-refractivity contribution < 1.29 is 4.74 Å². The first-order chi connectivity index (χ1) is 11.1. The van der Waals surface area contributed by atoms with Crippen LogP contribution in [0.3, 0.4) is 0 Å². The minimum Gasteiger partial charge on any atom is -0.472 e. The molecule has 0 bridgehead atoms. The van der Waals surface area contributed by atoms with Crippen LogP contribution in [-0.2, 0) is 20.1 Å². The van der Waals surface area contributed by atoms with Crippen LogP contribution in [0.1, 0.15) is 23.7 Å². The number of H-pyrrole nitrogens is 1. The Hall–Kier alpha value is -2.90. The van der Waals surface area contributed by atoms with E-state index in [9.17, 15) is 4.79 Å². The van der Waals surface area contributed by atoms with Crippen LogP contribution in [-0.4, -0.2) is 30.0 Å². The van der Waals surface area contributed by atoms with Gasteiger partial charge in [0.2, 0.25) is 5.88 Å². The number of rotatable bonds is 5. The molecule has 8 nitrogen and oxygen atoms in total. The molecular formula is C15H18N6O2. The van der Waals surface area contributed by atoms with Crippen molar-refractivity contribution in [3.63, 3.8) is 0 Å². The fourth-order valence-electron chi connectivity index (χ4n) is 2.40. The van der Waals surface area contributed by atoms with Gasteiger partial charge in [0.15, 0.2) is 0 Å². The average molecular weight is 314 g/mol. The lowest BCUT2D eigenvalue weighted by molar-refractivity contribution is 0.291. The zero-order valence-corrected chi connectivity index (χ0v) is 13.3. The number of aryl methyl sites for hydroxylation is 3. The zero-order chi connectivity index (χ0) is 16.4. The average Bonchev–Trinajstić information content (AvgIpc) is 3.11. The number of tetrazole rings is 1. The molecule has 23 heavy (non-hydrogen) atoms. The van der Waals surface area contributed by atoms with Gasteiger partial charge in [-0.1, -0.05) is 19.1 Å². The molecule has 0 unspecified atom stereocenters. The Balaban J connectivity index is 2.00. The molecular weight excluding hydrogens is 296 g/mol. The molecule has 0 aliphatic carbocycles. The summed E-state index contributed by atoms with van der Waals surface area (Å²) in [4.78, 5) is 12.1. The minimum absolute atomic E-state index is 0.296. The van der Waals surface area contributed by atoms with E-state index >= 15 is 0 Å². The summed E-state index contributed by atoms with van der Waals surface area (Å²) < 4.78 is 8.23. The van der Waals surface area contributed by atoms with Gasteiger partial charge in [0.1, 0.15) is 6.61 Å². The van der Waals surface area contributed by atoms with Gasteiger partial charge in [0.25, 0.3) is 0 Å². The standard InChI is InChI=1S/C15H18N6O2/c1-4-11-6-5-7-13(21-15(22)20(3)18-19-21)12(11)9-23-14-8-10(2)16-17-14/h5-8H,4,9H2,1-3H3,(H,16,17). The SMILES string of the molecule is CCc1cccc(-n2nnn(C)c2=O)c1COc1cc(C)[nH]n1. The van der Waals surface area contributed by atoms with E-state index < -0.39 is 0 Å². The summed E-state index contributed by atoms with van der Waals surface area (Å²) in [6, 6.07) is 7.57. The van der Waals surface area contributed by atoms with Crippen molar-refractivity contribution in [2.75, 3.05) is 0 Å². The molecule has 0 saturated heterocycles. The van der Waals surface area contributed by atoms with E-state index in [1.54, 1.807) is 7.05 Å². The van der Waals surface area contributed by atoms with Gasteiger partial charge in [-0.15, -0.1) is 5.10 Å². The highest BCUT2D eigenvalue weighted by Gasteiger charge is 2.15. The normalized spacial score (nSPS) is 10.9. The third-order valence-corrected chi connectivity index (χ3v) is 3.63. The van der Waals surface area contributed by atoms with Gasteiger partial charge in [0, 0.05) is 24.4 Å². The summed E-state index contributed by atoms with van der Waals surface area (Å²) in [5.74, 6) is 0.519. The van der Waals surface area contributed by atoms with Crippen LogP contribution >= 0.6 is 0 Å². The largest absolute Gasteiger partial charge is 0.472 e. The van der Waals surface area contributed by atoms with Gasteiger partial charge >= 0.3 is 5.69 Å². The Labute approximate surface area is 132 Å². The second kappa shape index (κ2) is 6.07.